The van der Waals surface area contributed by atoms with Crippen molar-refractivity contribution in [2.45, 2.75) is 32.6 Å². The first-order chi connectivity index (χ1) is 15.4. The Kier molecular flexibility index (Phi) is 6.50. The molecular weight excluding hydrogens is 424 g/mol. The SMILES string of the molecule is Cc1nsc(Nc2ccc(Oc3ccc(C(=O)N(C)C)cc3)c(CC3CCC(=O)C3)c2)n1. The molecule has 4 rings (SSSR count). The van der Waals surface area contributed by atoms with E-state index < -0.39 is 0 Å². The van der Waals surface area contributed by atoms with E-state index in [0.717, 1.165) is 40.8 Å². The average Bonchev–Trinajstić information content (AvgIpc) is 3.37. The molecule has 166 valence electrons. The standard InChI is InChI=1S/C24H26N4O3S/c1-15-25-24(32-27-15)26-19-7-11-22(18(14-19)12-16-4-8-20(29)13-16)31-21-9-5-17(6-10-21)23(30)28(2)3/h5-7,9-11,14,16H,4,8,12-13H2,1-3H3,(H,25,26,27). The second-order valence-corrected chi connectivity index (χ2v) is 9.02. The molecule has 1 atom stereocenters. The van der Waals surface area contributed by atoms with Crippen molar-refractivity contribution < 1.29 is 14.3 Å². The van der Waals surface area contributed by atoms with Gasteiger partial charge in [0, 0.05) is 49.7 Å². The molecule has 0 saturated heterocycles. The summed E-state index contributed by atoms with van der Waals surface area (Å²) in [6.45, 7) is 1.86. The van der Waals surface area contributed by atoms with Crippen LogP contribution in [0.15, 0.2) is 42.5 Å². The number of anilines is 2. The van der Waals surface area contributed by atoms with Crippen LogP contribution in [-0.4, -0.2) is 40.0 Å². The molecule has 0 bridgehead atoms. The van der Waals surface area contributed by atoms with E-state index in [2.05, 4.69) is 20.7 Å². The van der Waals surface area contributed by atoms with Crippen molar-refractivity contribution >= 4 is 34.0 Å². The minimum atomic E-state index is -0.0505. The minimum Gasteiger partial charge on any atom is -0.457 e. The number of aromatic nitrogens is 2. The van der Waals surface area contributed by atoms with Gasteiger partial charge in [0.1, 0.15) is 23.1 Å². The van der Waals surface area contributed by atoms with Crippen LogP contribution in [0.2, 0.25) is 0 Å². The van der Waals surface area contributed by atoms with Gasteiger partial charge in [-0.2, -0.15) is 4.37 Å². The van der Waals surface area contributed by atoms with Crippen molar-refractivity contribution in [2.75, 3.05) is 19.4 Å². The van der Waals surface area contributed by atoms with E-state index in [1.54, 1.807) is 43.3 Å². The highest BCUT2D eigenvalue weighted by atomic mass is 32.1. The Labute approximate surface area is 191 Å². The summed E-state index contributed by atoms with van der Waals surface area (Å²) >= 11 is 1.32. The van der Waals surface area contributed by atoms with Gasteiger partial charge in [-0.05, 0) is 73.7 Å². The minimum absolute atomic E-state index is 0.0505. The summed E-state index contributed by atoms with van der Waals surface area (Å²) in [7, 11) is 3.46. The topological polar surface area (TPSA) is 84.4 Å². The van der Waals surface area contributed by atoms with Crippen molar-refractivity contribution in [1.82, 2.24) is 14.3 Å². The van der Waals surface area contributed by atoms with Gasteiger partial charge in [0.25, 0.3) is 5.91 Å². The lowest BCUT2D eigenvalue weighted by Gasteiger charge is -2.16. The third-order valence-corrected chi connectivity index (χ3v) is 6.15. The van der Waals surface area contributed by atoms with Crippen LogP contribution in [0.25, 0.3) is 0 Å². The highest BCUT2D eigenvalue weighted by molar-refractivity contribution is 7.09. The van der Waals surface area contributed by atoms with E-state index >= 15 is 0 Å². The fourth-order valence-electron chi connectivity index (χ4n) is 3.81. The van der Waals surface area contributed by atoms with Gasteiger partial charge >= 0.3 is 0 Å². The van der Waals surface area contributed by atoms with Gasteiger partial charge in [0.2, 0.25) is 5.13 Å². The number of carbonyl (C=O) groups excluding carboxylic acids is 2. The predicted octanol–water partition coefficient (Wildman–Crippen LogP) is 5.00. The van der Waals surface area contributed by atoms with E-state index in [0.29, 0.717) is 35.9 Å². The molecule has 1 aliphatic carbocycles. The second-order valence-electron chi connectivity index (χ2n) is 8.27. The Morgan fingerprint density at radius 2 is 2.00 bits per heavy atom. The molecule has 1 saturated carbocycles. The molecule has 1 aliphatic rings. The summed E-state index contributed by atoms with van der Waals surface area (Å²) < 4.78 is 10.4. The fraction of sp³-hybridized carbons (Fsp3) is 0.333. The number of nitrogens with zero attached hydrogens (tertiary/aromatic N) is 3. The van der Waals surface area contributed by atoms with E-state index in [4.69, 9.17) is 4.74 Å². The Balaban J connectivity index is 1.56. The van der Waals surface area contributed by atoms with Crippen LogP contribution in [0.3, 0.4) is 0 Å². The van der Waals surface area contributed by atoms with Crippen LogP contribution in [0.1, 0.15) is 41.0 Å². The Hall–Kier alpha value is -3.26. The zero-order valence-corrected chi connectivity index (χ0v) is 19.2. The predicted molar refractivity (Wildman–Crippen MR) is 125 cm³/mol. The number of Topliss-reactive ketones (excluding diaryl/α,β-unsaturated/α-hetero) is 1. The highest BCUT2D eigenvalue weighted by Gasteiger charge is 2.24. The molecule has 1 fully saturated rings. The summed E-state index contributed by atoms with van der Waals surface area (Å²) in [5.74, 6) is 2.74. The van der Waals surface area contributed by atoms with Crippen LogP contribution in [0, 0.1) is 12.8 Å². The molecule has 0 spiro atoms. The lowest BCUT2D eigenvalue weighted by atomic mass is 9.97. The molecule has 1 unspecified atom stereocenters. The molecule has 2 aromatic carbocycles. The van der Waals surface area contributed by atoms with Crippen molar-refractivity contribution in [3.05, 3.63) is 59.4 Å². The number of nitrogens with one attached hydrogen (secondary N) is 1. The van der Waals surface area contributed by atoms with Crippen molar-refractivity contribution in [3.8, 4) is 11.5 Å². The number of amides is 1. The Bertz CT molecular complexity index is 1120. The number of hydrogen-bond donors (Lipinski definition) is 1. The molecule has 0 radical (unpaired) electrons. The summed E-state index contributed by atoms with van der Waals surface area (Å²) in [6, 6.07) is 13.1. The molecule has 1 heterocycles. The quantitative estimate of drug-likeness (QED) is 0.546. The monoisotopic (exact) mass is 450 g/mol. The average molecular weight is 451 g/mol. The molecular formula is C24H26N4O3S. The number of ether oxygens (including phenoxy) is 1. The number of rotatable bonds is 7. The van der Waals surface area contributed by atoms with Crippen LogP contribution in [0.4, 0.5) is 10.8 Å². The lowest BCUT2D eigenvalue weighted by molar-refractivity contribution is -0.117. The molecule has 32 heavy (non-hydrogen) atoms. The van der Waals surface area contributed by atoms with E-state index in [1.807, 2.05) is 19.1 Å². The van der Waals surface area contributed by atoms with Crippen LogP contribution in [0.5, 0.6) is 11.5 Å². The lowest BCUT2D eigenvalue weighted by Crippen LogP contribution is -2.21. The number of benzene rings is 2. The van der Waals surface area contributed by atoms with Crippen LogP contribution < -0.4 is 10.1 Å². The third kappa shape index (κ3) is 5.31. The maximum absolute atomic E-state index is 12.1. The summed E-state index contributed by atoms with van der Waals surface area (Å²) in [5, 5.41) is 4.04. The van der Waals surface area contributed by atoms with Crippen LogP contribution >= 0.6 is 11.5 Å². The molecule has 3 aromatic rings. The van der Waals surface area contributed by atoms with Crippen molar-refractivity contribution in [1.29, 1.82) is 0 Å². The summed E-state index contributed by atoms with van der Waals surface area (Å²) in [4.78, 5) is 29.8. The first-order valence-electron chi connectivity index (χ1n) is 10.6. The molecule has 7 nitrogen and oxygen atoms in total. The first kappa shape index (κ1) is 22.0. The fourth-order valence-corrected chi connectivity index (χ4v) is 4.41. The first-order valence-corrected chi connectivity index (χ1v) is 11.4. The highest BCUT2D eigenvalue weighted by Crippen LogP contribution is 2.34. The van der Waals surface area contributed by atoms with Gasteiger partial charge in [-0.3, -0.25) is 9.59 Å². The van der Waals surface area contributed by atoms with Crippen LogP contribution in [-0.2, 0) is 11.2 Å². The van der Waals surface area contributed by atoms with Crippen molar-refractivity contribution in [3.63, 3.8) is 0 Å². The molecule has 0 aliphatic heterocycles. The van der Waals surface area contributed by atoms with Gasteiger partial charge in [-0.15, -0.1) is 0 Å². The van der Waals surface area contributed by atoms with Gasteiger partial charge in [0.15, 0.2) is 0 Å². The van der Waals surface area contributed by atoms with Gasteiger partial charge < -0.3 is 15.0 Å². The van der Waals surface area contributed by atoms with E-state index in [1.165, 1.54) is 11.5 Å². The van der Waals surface area contributed by atoms with E-state index in [-0.39, 0.29) is 5.91 Å². The van der Waals surface area contributed by atoms with Gasteiger partial charge in [-0.1, -0.05) is 0 Å². The third-order valence-electron chi connectivity index (χ3n) is 5.43. The largest absolute Gasteiger partial charge is 0.457 e. The van der Waals surface area contributed by atoms with Crippen molar-refractivity contribution in [2.24, 2.45) is 5.92 Å². The molecule has 1 aromatic heterocycles. The number of ketones is 1. The van der Waals surface area contributed by atoms with E-state index in [9.17, 15) is 9.59 Å². The normalized spacial score (nSPS) is 15.6. The number of carbonyl (C=O) groups is 2. The molecule has 8 heteroatoms. The molecule has 1 amide bonds. The zero-order chi connectivity index (χ0) is 22.7. The Morgan fingerprint density at radius 1 is 1.22 bits per heavy atom. The zero-order valence-electron chi connectivity index (χ0n) is 18.4. The number of aryl methyl sites for hydroxylation is 1. The van der Waals surface area contributed by atoms with Gasteiger partial charge in [0.05, 0.1) is 0 Å². The Morgan fingerprint density at radius 3 is 2.62 bits per heavy atom. The second kappa shape index (κ2) is 9.48. The smallest absolute Gasteiger partial charge is 0.253 e. The maximum atomic E-state index is 12.1. The summed E-state index contributed by atoms with van der Waals surface area (Å²) in [5.41, 5.74) is 2.54. The summed E-state index contributed by atoms with van der Waals surface area (Å²) in [6.07, 6.45) is 2.95. The molecule has 1 N–H and O–H groups in total. The maximum Gasteiger partial charge on any atom is 0.253 e. The number of hydrogen-bond acceptors (Lipinski definition) is 7. The van der Waals surface area contributed by atoms with Gasteiger partial charge in [-0.25, -0.2) is 4.98 Å².